The van der Waals surface area contributed by atoms with E-state index in [2.05, 4.69) is 19.9 Å². The van der Waals surface area contributed by atoms with Gasteiger partial charge in [-0.15, -0.1) is 8.78 Å². The Hall–Kier alpha value is -3.17. The molecule has 0 bridgehead atoms. The molecule has 1 aliphatic heterocycles. The van der Waals surface area contributed by atoms with Crippen LogP contribution in [0.2, 0.25) is 0 Å². The van der Waals surface area contributed by atoms with Crippen molar-refractivity contribution in [3.8, 4) is 11.5 Å². The number of anilines is 1. The van der Waals surface area contributed by atoms with Crippen LogP contribution in [-0.4, -0.2) is 29.9 Å². The average molecular weight is 354 g/mol. The van der Waals surface area contributed by atoms with Gasteiger partial charge in [-0.1, -0.05) is 5.16 Å². The van der Waals surface area contributed by atoms with Crippen molar-refractivity contribution >= 4 is 17.6 Å². The number of carbonyl (C=O) groups is 2. The molecule has 25 heavy (non-hydrogen) atoms. The summed E-state index contributed by atoms with van der Waals surface area (Å²) in [5.74, 6) is -1.49. The summed E-state index contributed by atoms with van der Waals surface area (Å²) in [7, 11) is 0. The van der Waals surface area contributed by atoms with Crippen molar-refractivity contribution in [2.24, 2.45) is 0 Å². The standard InChI is InChI=1S/C15H12F2N2O6/c1-7-13(8(2)25-19-7)14(21)22-6-12(20)18-9-3-4-10-11(5-9)24-15(16,17)23-10/h3-5H,6H2,1-2H3,(H,18,20). The van der Waals surface area contributed by atoms with Crippen LogP contribution >= 0.6 is 0 Å². The van der Waals surface area contributed by atoms with Crippen molar-refractivity contribution in [1.29, 1.82) is 0 Å². The fourth-order valence-electron chi connectivity index (χ4n) is 2.20. The fourth-order valence-corrected chi connectivity index (χ4v) is 2.20. The molecule has 2 heterocycles. The van der Waals surface area contributed by atoms with E-state index in [0.29, 0.717) is 5.69 Å². The molecule has 8 nitrogen and oxygen atoms in total. The van der Waals surface area contributed by atoms with E-state index in [-0.39, 0.29) is 28.5 Å². The normalized spacial score (nSPS) is 14.2. The Balaban J connectivity index is 1.58. The molecule has 0 aliphatic carbocycles. The number of aromatic nitrogens is 1. The summed E-state index contributed by atoms with van der Waals surface area (Å²) >= 11 is 0. The Bertz CT molecular complexity index is 829. The predicted octanol–water partition coefficient (Wildman–Crippen LogP) is 2.41. The van der Waals surface area contributed by atoms with E-state index in [9.17, 15) is 18.4 Å². The van der Waals surface area contributed by atoms with Gasteiger partial charge in [0.2, 0.25) is 0 Å². The maximum Gasteiger partial charge on any atom is 0.586 e. The van der Waals surface area contributed by atoms with Crippen LogP contribution in [0.15, 0.2) is 22.7 Å². The first-order valence-electron chi connectivity index (χ1n) is 7.05. The SMILES string of the molecule is Cc1noc(C)c1C(=O)OCC(=O)Nc1ccc2c(c1)OC(F)(F)O2. The Morgan fingerprint density at radius 3 is 2.64 bits per heavy atom. The lowest BCUT2D eigenvalue weighted by molar-refractivity contribution is -0.286. The van der Waals surface area contributed by atoms with Crippen LogP contribution in [0, 0.1) is 13.8 Å². The van der Waals surface area contributed by atoms with Gasteiger partial charge in [-0.05, 0) is 26.0 Å². The molecule has 0 radical (unpaired) electrons. The van der Waals surface area contributed by atoms with Crippen LogP contribution in [0.5, 0.6) is 11.5 Å². The van der Waals surface area contributed by atoms with Gasteiger partial charge in [-0.3, -0.25) is 4.79 Å². The zero-order valence-corrected chi connectivity index (χ0v) is 13.1. The topological polar surface area (TPSA) is 99.9 Å². The fraction of sp³-hybridized carbons (Fsp3) is 0.267. The summed E-state index contributed by atoms with van der Waals surface area (Å²) in [6.07, 6.45) is -3.74. The van der Waals surface area contributed by atoms with Gasteiger partial charge < -0.3 is 24.1 Å². The number of nitrogens with one attached hydrogen (secondary N) is 1. The summed E-state index contributed by atoms with van der Waals surface area (Å²) < 4.78 is 44.1. The summed E-state index contributed by atoms with van der Waals surface area (Å²) in [6.45, 7) is 2.53. The van der Waals surface area contributed by atoms with Crippen molar-refractivity contribution in [2.75, 3.05) is 11.9 Å². The number of alkyl halides is 2. The zero-order valence-electron chi connectivity index (χ0n) is 13.1. The number of halogens is 2. The molecular formula is C15H12F2N2O6. The van der Waals surface area contributed by atoms with Crippen molar-refractivity contribution in [3.05, 3.63) is 35.2 Å². The number of ether oxygens (including phenoxy) is 3. The summed E-state index contributed by atoms with van der Waals surface area (Å²) in [5.41, 5.74) is 0.677. The number of aryl methyl sites for hydroxylation is 2. The number of fused-ring (bicyclic) bond motifs is 1. The second kappa shape index (κ2) is 6.04. The molecule has 0 unspecified atom stereocenters. The summed E-state index contributed by atoms with van der Waals surface area (Å²) in [4.78, 5) is 23.7. The molecule has 0 fully saturated rings. The molecule has 1 aromatic carbocycles. The predicted molar refractivity (Wildman–Crippen MR) is 77.5 cm³/mol. The van der Waals surface area contributed by atoms with Crippen LogP contribution in [0.4, 0.5) is 14.5 Å². The second-order valence-electron chi connectivity index (χ2n) is 5.15. The molecule has 0 saturated heterocycles. The lowest BCUT2D eigenvalue weighted by Gasteiger charge is -2.07. The second-order valence-corrected chi connectivity index (χ2v) is 5.15. The molecule has 132 valence electrons. The van der Waals surface area contributed by atoms with Gasteiger partial charge in [0.05, 0.1) is 5.69 Å². The Kier molecular flexibility index (Phi) is 4.03. The van der Waals surface area contributed by atoms with Gasteiger partial charge in [0.25, 0.3) is 5.91 Å². The van der Waals surface area contributed by atoms with Gasteiger partial charge in [-0.2, -0.15) is 0 Å². The molecule has 0 atom stereocenters. The highest BCUT2D eigenvalue weighted by molar-refractivity contribution is 5.96. The third-order valence-corrected chi connectivity index (χ3v) is 3.26. The van der Waals surface area contributed by atoms with Gasteiger partial charge in [0.15, 0.2) is 18.1 Å². The Morgan fingerprint density at radius 1 is 1.24 bits per heavy atom. The summed E-state index contributed by atoms with van der Waals surface area (Å²) in [6, 6.07) is 3.74. The molecule has 1 aliphatic rings. The van der Waals surface area contributed by atoms with Gasteiger partial charge in [0.1, 0.15) is 11.3 Å². The van der Waals surface area contributed by atoms with E-state index >= 15 is 0 Å². The molecule has 2 aromatic rings. The molecule has 0 saturated carbocycles. The van der Waals surface area contributed by atoms with Gasteiger partial charge in [0, 0.05) is 11.8 Å². The van der Waals surface area contributed by atoms with E-state index in [1.807, 2.05) is 0 Å². The molecule has 3 rings (SSSR count). The number of hydrogen-bond donors (Lipinski definition) is 1. The molecule has 1 aromatic heterocycles. The first-order valence-corrected chi connectivity index (χ1v) is 7.05. The van der Waals surface area contributed by atoms with Crippen molar-refractivity contribution in [2.45, 2.75) is 20.1 Å². The highest BCUT2D eigenvalue weighted by atomic mass is 19.3. The van der Waals surface area contributed by atoms with Crippen LogP contribution in [0.25, 0.3) is 0 Å². The molecular weight excluding hydrogens is 342 g/mol. The zero-order chi connectivity index (χ0) is 18.2. The maximum absolute atomic E-state index is 12.9. The lowest BCUT2D eigenvalue weighted by atomic mass is 10.2. The third-order valence-electron chi connectivity index (χ3n) is 3.26. The third kappa shape index (κ3) is 3.52. The number of benzene rings is 1. The minimum Gasteiger partial charge on any atom is -0.452 e. The summed E-state index contributed by atoms with van der Waals surface area (Å²) in [5, 5.41) is 6.01. The highest BCUT2D eigenvalue weighted by Crippen LogP contribution is 2.42. The van der Waals surface area contributed by atoms with E-state index in [1.165, 1.54) is 18.2 Å². The number of rotatable bonds is 4. The molecule has 10 heteroatoms. The number of carbonyl (C=O) groups excluding carboxylic acids is 2. The Labute approximate surface area is 139 Å². The first-order chi connectivity index (χ1) is 11.7. The molecule has 0 spiro atoms. The Morgan fingerprint density at radius 2 is 1.96 bits per heavy atom. The quantitative estimate of drug-likeness (QED) is 0.842. The average Bonchev–Trinajstić information content (AvgIpc) is 3.02. The van der Waals surface area contributed by atoms with Crippen LogP contribution in [-0.2, 0) is 9.53 Å². The smallest absolute Gasteiger partial charge is 0.452 e. The van der Waals surface area contributed by atoms with Crippen molar-refractivity contribution in [3.63, 3.8) is 0 Å². The molecule has 1 N–H and O–H groups in total. The lowest BCUT2D eigenvalue weighted by Crippen LogP contribution is -2.25. The van der Waals surface area contributed by atoms with Crippen molar-refractivity contribution in [1.82, 2.24) is 5.16 Å². The monoisotopic (exact) mass is 354 g/mol. The maximum atomic E-state index is 12.9. The number of esters is 1. The molecule has 1 amide bonds. The van der Waals surface area contributed by atoms with Crippen molar-refractivity contribution < 1.29 is 37.1 Å². The number of nitrogens with zero attached hydrogens (tertiary/aromatic N) is 1. The van der Waals surface area contributed by atoms with E-state index in [4.69, 9.17) is 9.26 Å². The number of amides is 1. The highest BCUT2D eigenvalue weighted by Gasteiger charge is 2.43. The minimum absolute atomic E-state index is 0.146. The van der Waals surface area contributed by atoms with Gasteiger partial charge >= 0.3 is 12.3 Å². The van der Waals surface area contributed by atoms with Crippen LogP contribution in [0.1, 0.15) is 21.8 Å². The number of hydrogen-bond acceptors (Lipinski definition) is 7. The van der Waals surface area contributed by atoms with E-state index in [1.54, 1.807) is 13.8 Å². The van der Waals surface area contributed by atoms with Crippen LogP contribution in [0.3, 0.4) is 0 Å². The minimum atomic E-state index is -3.74. The van der Waals surface area contributed by atoms with Crippen LogP contribution < -0.4 is 14.8 Å². The van der Waals surface area contributed by atoms with Gasteiger partial charge in [-0.25, -0.2) is 4.79 Å². The van der Waals surface area contributed by atoms with E-state index < -0.39 is 24.8 Å². The van der Waals surface area contributed by atoms with E-state index in [0.717, 1.165) is 0 Å². The largest absolute Gasteiger partial charge is 0.586 e. The first kappa shape index (κ1) is 16.7.